The second kappa shape index (κ2) is 3.73. The van der Waals surface area contributed by atoms with Gasteiger partial charge < -0.3 is 4.98 Å². The molecule has 0 fully saturated rings. The van der Waals surface area contributed by atoms with Crippen molar-refractivity contribution in [2.24, 2.45) is 0 Å². The SMILES string of the molecule is CC(C)c1nc2ccc(-c3cn[nH]c3)cc2[nH]1. The summed E-state index contributed by atoms with van der Waals surface area (Å²) in [5.41, 5.74) is 4.33. The third-order valence-electron chi connectivity index (χ3n) is 2.88. The molecule has 0 amide bonds. The summed E-state index contributed by atoms with van der Waals surface area (Å²) >= 11 is 0. The maximum absolute atomic E-state index is 4.56. The lowest BCUT2D eigenvalue weighted by molar-refractivity contribution is 0.799. The van der Waals surface area contributed by atoms with E-state index in [-0.39, 0.29) is 0 Å². The number of aromatic nitrogens is 4. The van der Waals surface area contributed by atoms with Gasteiger partial charge in [-0.05, 0) is 17.7 Å². The Labute approximate surface area is 99.1 Å². The van der Waals surface area contributed by atoms with E-state index >= 15 is 0 Å². The lowest BCUT2D eigenvalue weighted by Crippen LogP contribution is -1.88. The van der Waals surface area contributed by atoms with E-state index in [4.69, 9.17) is 0 Å². The van der Waals surface area contributed by atoms with Crippen LogP contribution in [0.3, 0.4) is 0 Å². The van der Waals surface area contributed by atoms with E-state index in [1.54, 1.807) is 0 Å². The number of hydrogen-bond donors (Lipinski definition) is 2. The fourth-order valence-corrected chi connectivity index (χ4v) is 1.89. The molecule has 86 valence electrons. The highest BCUT2D eigenvalue weighted by Crippen LogP contribution is 2.23. The Bertz CT molecular complexity index is 635. The molecule has 0 bridgehead atoms. The first kappa shape index (κ1) is 10.1. The number of H-pyrrole nitrogens is 2. The van der Waals surface area contributed by atoms with Crippen LogP contribution in [0.2, 0.25) is 0 Å². The predicted molar refractivity (Wildman–Crippen MR) is 67.8 cm³/mol. The van der Waals surface area contributed by atoms with E-state index in [2.05, 4.69) is 46.1 Å². The van der Waals surface area contributed by atoms with Crippen molar-refractivity contribution >= 4 is 11.0 Å². The Morgan fingerprint density at radius 1 is 1.18 bits per heavy atom. The van der Waals surface area contributed by atoms with Crippen LogP contribution in [0.5, 0.6) is 0 Å². The zero-order valence-corrected chi connectivity index (χ0v) is 9.86. The molecule has 0 atom stereocenters. The third-order valence-corrected chi connectivity index (χ3v) is 2.88. The number of hydrogen-bond acceptors (Lipinski definition) is 2. The minimum Gasteiger partial charge on any atom is -0.342 e. The predicted octanol–water partition coefficient (Wildman–Crippen LogP) is 3.08. The van der Waals surface area contributed by atoms with E-state index < -0.39 is 0 Å². The molecular formula is C13H14N4. The highest BCUT2D eigenvalue weighted by Gasteiger charge is 2.07. The molecule has 3 rings (SSSR count). The Morgan fingerprint density at radius 3 is 2.76 bits per heavy atom. The van der Waals surface area contributed by atoms with Gasteiger partial charge in [0.05, 0.1) is 17.2 Å². The largest absolute Gasteiger partial charge is 0.342 e. The van der Waals surface area contributed by atoms with Gasteiger partial charge in [0.1, 0.15) is 5.82 Å². The smallest absolute Gasteiger partial charge is 0.109 e. The molecule has 0 saturated heterocycles. The Kier molecular flexibility index (Phi) is 2.21. The maximum Gasteiger partial charge on any atom is 0.109 e. The molecule has 0 aliphatic heterocycles. The fourth-order valence-electron chi connectivity index (χ4n) is 1.89. The van der Waals surface area contributed by atoms with Gasteiger partial charge in [-0.25, -0.2) is 4.98 Å². The molecule has 4 nitrogen and oxygen atoms in total. The number of rotatable bonds is 2. The van der Waals surface area contributed by atoms with Gasteiger partial charge in [0, 0.05) is 17.7 Å². The zero-order chi connectivity index (χ0) is 11.8. The van der Waals surface area contributed by atoms with E-state index in [0.717, 1.165) is 28.0 Å². The van der Waals surface area contributed by atoms with Crippen LogP contribution >= 0.6 is 0 Å². The van der Waals surface area contributed by atoms with Crippen molar-refractivity contribution in [1.29, 1.82) is 0 Å². The molecule has 0 radical (unpaired) electrons. The summed E-state index contributed by atoms with van der Waals surface area (Å²) in [4.78, 5) is 7.91. The van der Waals surface area contributed by atoms with E-state index in [9.17, 15) is 0 Å². The fraction of sp³-hybridized carbons (Fsp3) is 0.231. The van der Waals surface area contributed by atoms with E-state index in [1.165, 1.54) is 0 Å². The molecule has 1 aromatic carbocycles. The first-order chi connectivity index (χ1) is 8.24. The van der Waals surface area contributed by atoms with Crippen molar-refractivity contribution in [2.45, 2.75) is 19.8 Å². The minimum atomic E-state index is 0.416. The summed E-state index contributed by atoms with van der Waals surface area (Å²) in [6.07, 6.45) is 3.71. The van der Waals surface area contributed by atoms with E-state index in [1.807, 2.05) is 18.5 Å². The highest BCUT2D eigenvalue weighted by atomic mass is 15.1. The number of fused-ring (bicyclic) bond motifs is 1. The van der Waals surface area contributed by atoms with Crippen LogP contribution in [-0.2, 0) is 0 Å². The number of nitrogens with one attached hydrogen (secondary N) is 2. The molecule has 0 unspecified atom stereocenters. The molecule has 4 heteroatoms. The third kappa shape index (κ3) is 1.71. The Balaban J connectivity index is 2.13. The van der Waals surface area contributed by atoms with Gasteiger partial charge in [0.25, 0.3) is 0 Å². The topological polar surface area (TPSA) is 57.4 Å². The minimum absolute atomic E-state index is 0.416. The molecule has 2 heterocycles. The number of benzene rings is 1. The van der Waals surface area contributed by atoms with E-state index in [0.29, 0.717) is 5.92 Å². The molecular weight excluding hydrogens is 212 g/mol. The molecule has 0 saturated carbocycles. The van der Waals surface area contributed by atoms with Gasteiger partial charge in [-0.3, -0.25) is 5.10 Å². The highest BCUT2D eigenvalue weighted by molar-refractivity contribution is 5.81. The average Bonchev–Trinajstić information content (AvgIpc) is 2.97. The van der Waals surface area contributed by atoms with Crippen molar-refractivity contribution in [3.05, 3.63) is 36.4 Å². The maximum atomic E-state index is 4.56. The van der Waals surface area contributed by atoms with Gasteiger partial charge in [0.15, 0.2) is 0 Å². The quantitative estimate of drug-likeness (QED) is 0.705. The molecule has 0 aliphatic rings. The van der Waals surface area contributed by atoms with Gasteiger partial charge in [0.2, 0.25) is 0 Å². The summed E-state index contributed by atoms with van der Waals surface area (Å²) in [5, 5.41) is 6.79. The molecule has 0 spiro atoms. The first-order valence-electron chi connectivity index (χ1n) is 5.73. The van der Waals surface area contributed by atoms with Crippen molar-refractivity contribution in [1.82, 2.24) is 20.2 Å². The summed E-state index contributed by atoms with van der Waals surface area (Å²) in [6.45, 7) is 4.27. The van der Waals surface area contributed by atoms with Gasteiger partial charge in [-0.2, -0.15) is 5.10 Å². The lowest BCUT2D eigenvalue weighted by Gasteiger charge is -1.96. The van der Waals surface area contributed by atoms with Gasteiger partial charge in [-0.1, -0.05) is 19.9 Å². The normalized spacial score (nSPS) is 11.5. The first-order valence-corrected chi connectivity index (χ1v) is 5.73. The summed E-state index contributed by atoms with van der Waals surface area (Å²) < 4.78 is 0. The summed E-state index contributed by atoms with van der Waals surface area (Å²) in [7, 11) is 0. The Morgan fingerprint density at radius 2 is 2.06 bits per heavy atom. The van der Waals surface area contributed by atoms with Crippen molar-refractivity contribution in [3.63, 3.8) is 0 Å². The Hall–Kier alpha value is -2.10. The monoisotopic (exact) mass is 226 g/mol. The van der Waals surface area contributed by atoms with Crippen LogP contribution in [-0.4, -0.2) is 20.2 Å². The van der Waals surface area contributed by atoms with Gasteiger partial charge >= 0.3 is 0 Å². The van der Waals surface area contributed by atoms with Crippen LogP contribution in [0.1, 0.15) is 25.6 Å². The zero-order valence-electron chi connectivity index (χ0n) is 9.86. The molecule has 2 aromatic heterocycles. The molecule has 0 aliphatic carbocycles. The molecule has 3 aromatic rings. The summed E-state index contributed by atoms with van der Waals surface area (Å²) in [5.74, 6) is 1.45. The van der Waals surface area contributed by atoms with Gasteiger partial charge in [-0.15, -0.1) is 0 Å². The lowest BCUT2D eigenvalue weighted by atomic mass is 10.1. The van der Waals surface area contributed by atoms with Crippen molar-refractivity contribution in [2.75, 3.05) is 0 Å². The van der Waals surface area contributed by atoms with Crippen LogP contribution in [0, 0.1) is 0 Å². The van der Waals surface area contributed by atoms with Crippen LogP contribution < -0.4 is 0 Å². The van der Waals surface area contributed by atoms with Crippen molar-refractivity contribution < 1.29 is 0 Å². The number of aromatic amines is 2. The number of imidazole rings is 1. The van der Waals surface area contributed by atoms with Crippen molar-refractivity contribution in [3.8, 4) is 11.1 Å². The average molecular weight is 226 g/mol. The van der Waals surface area contributed by atoms with Crippen LogP contribution in [0.15, 0.2) is 30.6 Å². The second-order valence-electron chi connectivity index (χ2n) is 4.50. The summed E-state index contributed by atoms with van der Waals surface area (Å²) in [6, 6.07) is 6.22. The standard InChI is InChI=1S/C13H14N4/c1-8(2)13-16-11-4-3-9(5-12(11)17-13)10-6-14-15-7-10/h3-8H,1-2H3,(H,14,15)(H,16,17). The van der Waals surface area contributed by atoms with Crippen LogP contribution in [0.25, 0.3) is 22.2 Å². The second-order valence-corrected chi connectivity index (χ2v) is 4.50. The molecule has 2 N–H and O–H groups in total. The van der Waals surface area contributed by atoms with Crippen LogP contribution in [0.4, 0.5) is 0 Å². The number of nitrogens with zero attached hydrogens (tertiary/aromatic N) is 2. The molecule has 17 heavy (non-hydrogen) atoms.